The van der Waals surface area contributed by atoms with Gasteiger partial charge in [-0.25, -0.2) is 23.1 Å². The highest BCUT2D eigenvalue weighted by molar-refractivity contribution is 5.79. The second-order valence-electron chi connectivity index (χ2n) is 10.1. The molecule has 12 heteroatoms. The first-order valence-electron chi connectivity index (χ1n) is 12.8. The largest absolute Gasteiger partial charge is 0.379 e. The second kappa shape index (κ2) is 9.81. The summed E-state index contributed by atoms with van der Waals surface area (Å²) in [7, 11) is 0. The zero-order valence-corrected chi connectivity index (χ0v) is 20.1. The van der Waals surface area contributed by atoms with Gasteiger partial charge in [-0.15, -0.1) is 0 Å². The van der Waals surface area contributed by atoms with Crippen molar-refractivity contribution in [2.24, 2.45) is 5.92 Å². The molecule has 3 N–H and O–H groups in total. The molecule has 3 aromatic rings. The lowest BCUT2D eigenvalue weighted by molar-refractivity contribution is -0.126. The van der Waals surface area contributed by atoms with Crippen molar-refractivity contribution >= 4 is 34.7 Å². The Kier molecular flexibility index (Phi) is 6.35. The van der Waals surface area contributed by atoms with Gasteiger partial charge in [0.15, 0.2) is 17.3 Å². The topological polar surface area (TPSA) is 106 Å². The number of fused-ring (bicyclic) bond motifs is 1. The van der Waals surface area contributed by atoms with Crippen molar-refractivity contribution in [1.82, 2.24) is 24.8 Å². The maximum atomic E-state index is 14.5. The van der Waals surface area contributed by atoms with Crippen LogP contribution in [0.5, 0.6) is 0 Å². The lowest BCUT2D eigenvalue weighted by atomic mass is 9.85. The highest BCUT2D eigenvalue weighted by atomic mass is 19.1. The number of halogens is 3. The summed E-state index contributed by atoms with van der Waals surface area (Å²) < 4.78 is 49.7. The molecule has 1 saturated heterocycles. The first kappa shape index (κ1) is 24.0. The monoisotopic (exact) mass is 515 g/mol. The van der Waals surface area contributed by atoms with Crippen LogP contribution < -0.4 is 16.0 Å². The molecule has 1 atom stereocenters. The number of amides is 1. The van der Waals surface area contributed by atoms with E-state index in [0.29, 0.717) is 74.2 Å². The van der Waals surface area contributed by atoms with Crippen LogP contribution in [0, 0.1) is 23.4 Å². The van der Waals surface area contributed by atoms with Crippen molar-refractivity contribution in [3.63, 3.8) is 0 Å². The van der Waals surface area contributed by atoms with Gasteiger partial charge in [0.2, 0.25) is 17.8 Å². The molecule has 1 aliphatic heterocycles. The minimum absolute atomic E-state index is 0.0655. The van der Waals surface area contributed by atoms with E-state index in [0.717, 1.165) is 19.3 Å². The molecule has 2 aliphatic carbocycles. The number of ether oxygens (including phenoxy) is 1. The van der Waals surface area contributed by atoms with Crippen LogP contribution >= 0.6 is 0 Å². The van der Waals surface area contributed by atoms with Crippen LogP contribution in [0.4, 0.5) is 30.8 Å². The number of rotatable bonds is 7. The number of nitrogens with one attached hydrogen (secondary N) is 3. The average molecular weight is 516 g/mol. The number of imidazole rings is 1. The lowest BCUT2D eigenvalue weighted by Crippen LogP contribution is -2.35. The molecule has 0 spiro atoms. The number of carbonyl (C=O) groups excluding carboxylic acids is 1. The van der Waals surface area contributed by atoms with Gasteiger partial charge >= 0.3 is 0 Å². The third-order valence-corrected chi connectivity index (χ3v) is 7.30. The molecule has 6 rings (SSSR count). The molecule has 3 fully saturated rings. The van der Waals surface area contributed by atoms with Crippen molar-refractivity contribution in [3.8, 4) is 0 Å². The fourth-order valence-electron chi connectivity index (χ4n) is 5.14. The van der Waals surface area contributed by atoms with Crippen molar-refractivity contribution in [3.05, 3.63) is 35.8 Å². The third kappa shape index (κ3) is 5.07. The van der Waals surface area contributed by atoms with E-state index in [1.54, 1.807) is 6.20 Å². The van der Waals surface area contributed by atoms with E-state index >= 15 is 0 Å². The van der Waals surface area contributed by atoms with Crippen LogP contribution in [0.1, 0.15) is 51.0 Å². The Labute approximate surface area is 211 Å². The van der Waals surface area contributed by atoms with Crippen molar-refractivity contribution < 1.29 is 22.7 Å². The molecule has 0 bridgehead atoms. The van der Waals surface area contributed by atoms with Gasteiger partial charge in [-0.2, -0.15) is 4.98 Å². The first-order valence-corrected chi connectivity index (χ1v) is 12.8. The zero-order chi connectivity index (χ0) is 25.5. The lowest BCUT2D eigenvalue weighted by Gasteiger charge is -2.30. The Bertz CT molecular complexity index is 1290. The quantitative estimate of drug-likeness (QED) is 0.433. The molecule has 37 heavy (non-hydrogen) atoms. The maximum Gasteiger partial charge on any atom is 0.225 e. The minimum atomic E-state index is -1.06. The number of hydrogen-bond donors (Lipinski definition) is 3. The highest BCUT2D eigenvalue weighted by Crippen LogP contribution is 2.38. The SMILES string of the molecule is O=C(NC1CC1)C1CCC(n2c(Nc3c(F)cc(F)cc3F)nc3cnc(N[C@@H]4CCOC4)nc32)CC1. The molecule has 0 unspecified atom stereocenters. The van der Waals surface area contributed by atoms with Crippen LogP contribution in [-0.4, -0.2) is 50.7 Å². The van der Waals surface area contributed by atoms with E-state index < -0.39 is 23.1 Å². The highest BCUT2D eigenvalue weighted by Gasteiger charge is 2.33. The number of nitrogens with zero attached hydrogens (tertiary/aromatic N) is 4. The summed E-state index contributed by atoms with van der Waals surface area (Å²) in [6.07, 6.45) is 7.17. The van der Waals surface area contributed by atoms with Crippen LogP contribution in [0.25, 0.3) is 11.2 Å². The Balaban J connectivity index is 1.32. The molecule has 2 saturated carbocycles. The number of hydrogen-bond acceptors (Lipinski definition) is 7. The number of benzene rings is 1. The Morgan fingerprint density at radius 1 is 0.973 bits per heavy atom. The van der Waals surface area contributed by atoms with Gasteiger partial charge in [-0.05, 0) is 44.9 Å². The Morgan fingerprint density at radius 2 is 1.73 bits per heavy atom. The predicted octanol–water partition coefficient (Wildman–Crippen LogP) is 4.20. The molecule has 3 heterocycles. The summed E-state index contributed by atoms with van der Waals surface area (Å²) in [5.74, 6) is -2.51. The van der Waals surface area contributed by atoms with Gasteiger partial charge in [0.05, 0.1) is 18.8 Å². The molecule has 1 amide bonds. The Morgan fingerprint density at radius 3 is 2.41 bits per heavy atom. The predicted molar refractivity (Wildman–Crippen MR) is 130 cm³/mol. The Hall–Kier alpha value is -3.41. The van der Waals surface area contributed by atoms with E-state index in [2.05, 4.69) is 25.9 Å². The van der Waals surface area contributed by atoms with Crippen molar-refractivity contribution in [2.45, 2.75) is 63.1 Å². The van der Waals surface area contributed by atoms with Gasteiger partial charge in [0.1, 0.15) is 17.0 Å². The molecule has 9 nitrogen and oxygen atoms in total. The van der Waals surface area contributed by atoms with Gasteiger partial charge in [-0.1, -0.05) is 0 Å². The van der Waals surface area contributed by atoms with Crippen molar-refractivity contribution in [2.75, 3.05) is 23.8 Å². The standard InChI is InChI=1S/C25H28F3N7O2/c26-14-9-18(27)21(19(28)10-14)33-25-32-20-11-29-24(31-16-7-8-37-12-16)34-22(20)35(25)17-5-1-13(2-6-17)23(36)30-15-3-4-15/h9-11,13,15-17H,1-8,12H2,(H,30,36)(H,32,33)(H,29,31,34)/t13?,16-,17?/m1/s1. The maximum absolute atomic E-state index is 14.5. The summed E-state index contributed by atoms with van der Waals surface area (Å²) >= 11 is 0. The summed E-state index contributed by atoms with van der Waals surface area (Å²) in [5.41, 5.74) is 0.463. The van der Waals surface area contributed by atoms with E-state index in [1.807, 2.05) is 4.57 Å². The van der Waals surface area contributed by atoms with Crippen LogP contribution in [0.3, 0.4) is 0 Å². The molecule has 1 aromatic carbocycles. The fraction of sp³-hybridized carbons (Fsp3) is 0.520. The summed E-state index contributed by atoms with van der Waals surface area (Å²) in [6, 6.07) is 1.53. The number of anilines is 3. The number of carbonyl (C=O) groups is 1. The second-order valence-corrected chi connectivity index (χ2v) is 10.1. The van der Waals surface area contributed by atoms with E-state index in [9.17, 15) is 18.0 Å². The molecular weight excluding hydrogens is 487 g/mol. The van der Waals surface area contributed by atoms with Gasteiger partial charge in [-0.3, -0.25) is 9.36 Å². The van der Waals surface area contributed by atoms with Crippen LogP contribution in [-0.2, 0) is 9.53 Å². The average Bonchev–Trinajstić information content (AvgIpc) is 3.40. The molecule has 196 valence electrons. The van der Waals surface area contributed by atoms with E-state index in [1.165, 1.54) is 0 Å². The van der Waals surface area contributed by atoms with Gasteiger partial charge in [0, 0.05) is 36.7 Å². The molecule has 2 aromatic heterocycles. The molecule has 0 radical (unpaired) electrons. The molecule has 3 aliphatic rings. The summed E-state index contributed by atoms with van der Waals surface area (Å²) in [5, 5.41) is 9.08. The smallest absolute Gasteiger partial charge is 0.225 e. The van der Waals surface area contributed by atoms with Gasteiger partial charge < -0.3 is 20.7 Å². The van der Waals surface area contributed by atoms with E-state index in [4.69, 9.17) is 9.72 Å². The normalized spacial score (nSPS) is 23.8. The zero-order valence-electron chi connectivity index (χ0n) is 20.1. The number of aromatic nitrogens is 4. The van der Waals surface area contributed by atoms with Gasteiger partial charge in [0.25, 0.3) is 0 Å². The third-order valence-electron chi connectivity index (χ3n) is 7.30. The minimum Gasteiger partial charge on any atom is -0.379 e. The fourth-order valence-corrected chi connectivity index (χ4v) is 5.14. The summed E-state index contributed by atoms with van der Waals surface area (Å²) in [6.45, 7) is 1.22. The molecular formula is C25H28F3N7O2. The summed E-state index contributed by atoms with van der Waals surface area (Å²) in [4.78, 5) is 26.2. The van der Waals surface area contributed by atoms with E-state index in [-0.39, 0.29) is 29.9 Å². The van der Waals surface area contributed by atoms with Crippen molar-refractivity contribution in [1.29, 1.82) is 0 Å². The first-order chi connectivity index (χ1) is 17.9. The van der Waals surface area contributed by atoms with Crippen LogP contribution in [0.2, 0.25) is 0 Å². The van der Waals surface area contributed by atoms with Crippen LogP contribution in [0.15, 0.2) is 18.3 Å².